The first-order valence-corrected chi connectivity index (χ1v) is 8.16. The topological polar surface area (TPSA) is 42.0 Å². The van der Waals surface area contributed by atoms with E-state index in [1.165, 1.54) is 12.8 Å². The second kappa shape index (κ2) is 6.59. The van der Waals surface area contributed by atoms with Crippen molar-refractivity contribution in [2.75, 3.05) is 0 Å². The zero-order chi connectivity index (χ0) is 15.5. The van der Waals surface area contributed by atoms with Gasteiger partial charge in [-0.3, -0.25) is 9.78 Å². The van der Waals surface area contributed by atoms with Crippen LogP contribution in [0, 0.1) is 17.3 Å². The second-order valence-corrected chi connectivity index (χ2v) is 7.03. The van der Waals surface area contributed by atoms with E-state index < -0.39 is 0 Å². The van der Waals surface area contributed by atoms with E-state index in [1.807, 2.05) is 0 Å². The molecular weight excluding hydrogens is 260 g/mol. The van der Waals surface area contributed by atoms with Crippen molar-refractivity contribution in [3.8, 4) is 0 Å². The van der Waals surface area contributed by atoms with E-state index >= 15 is 0 Å². The zero-order valence-electron chi connectivity index (χ0n) is 13.7. The minimum atomic E-state index is 0.0315. The third-order valence-electron chi connectivity index (χ3n) is 5.49. The number of aromatic nitrogens is 1. The third-order valence-corrected chi connectivity index (χ3v) is 5.49. The van der Waals surface area contributed by atoms with E-state index in [-0.39, 0.29) is 5.91 Å². The number of nitrogens with one attached hydrogen (secondary N) is 1. The Bertz CT molecular complexity index is 449. The smallest absolute Gasteiger partial charge is 0.251 e. The molecule has 1 fully saturated rings. The summed E-state index contributed by atoms with van der Waals surface area (Å²) >= 11 is 0. The van der Waals surface area contributed by atoms with Crippen molar-refractivity contribution in [2.24, 2.45) is 17.3 Å². The molecule has 0 atom stereocenters. The molecule has 1 aliphatic rings. The Balaban J connectivity index is 1.94. The molecule has 0 unspecified atom stereocenters. The lowest BCUT2D eigenvalue weighted by Gasteiger charge is -2.46. The normalized spacial score (nSPS) is 19.0. The molecule has 0 bridgehead atoms. The van der Waals surface area contributed by atoms with Crippen molar-refractivity contribution in [3.05, 3.63) is 30.1 Å². The van der Waals surface area contributed by atoms with Gasteiger partial charge in [0.25, 0.3) is 5.91 Å². The van der Waals surface area contributed by atoms with Crippen LogP contribution in [0.4, 0.5) is 0 Å². The molecular formula is C18H28N2O. The number of pyridine rings is 1. The first-order chi connectivity index (χ1) is 9.95. The van der Waals surface area contributed by atoms with Gasteiger partial charge in [-0.2, -0.15) is 0 Å². The highest BCUT2D eigenvalue weighted by Gasteiger charge is 2.40. The molecule has 1 aromatic rings. The van der Waals surface area contributed by atoms with E-state index in [2.05, 4.69) is 38.0 Å². The summed E-state index contributed by atoms with van der Waals surface area (Å²) in [5.74, 6) is 1.44. The lowest BCUT2D eigenvalue weighted by molar-refractivity contribution is 0.0453. The Morgan fingerprint density at radius 1 is 1.14 bits per heavy atom. The fourth-order valence-electron chi connectivity index (χ4n) is 3.89. The summed E-state index contributed by atoms with van der Waals surface area (Å²) < 4.78 is 0. The van der Waals surface area contributed by atoms with Crippen LogP contribution in [0.5, 0.6) is 0 Å². The maximum Gasteiger partial charge on any atom is 0.251 e. The van der Waals surface area contributed by atoms with E-state index in [1.54, 1.807) is 24.5 Å². The van der Waals surface area contributed by atoms with Crippen molar-refractivity contribution in [3.63, 3.8) is 0 Å². The van der Waals surface area contributed by atoms with Gasteiger partial charge in [0.15, 0.2) is 0 Å². The van der Waals surface area contributed by atoms with Crippen LogP contribution in [0.1, 0.15) is 63.7 Å². The number of hydrogen-bond acceptors (Lipinski definition) is 2. The molecule has 0 spiro atoms. The van der Waals surface area contributed by atoms with Crippen molar-refractivity contribution in [1.29, 1.82) is 0 Å². The number of carbonyl (C=O) groups excluding carboxylic acids is 1. The lowest BCUT2D eigenvalue weighted by Crippen LogP contribution is -2.44. The molecule has 0 saturated heterocycles. The van der Waals surface area contributed by atoms with E-state index in [4.69, 9.17) is 0 Å². The number of rotatable bonds is 4. The summed E-state index contributed by atoms with van der Waals surface area (Å²) in [6.07, 6.45) is 7.93. The summed E-state index contributed by atoms with van der Waals surface area (Å²) in [4.78, 5) is 16.2. The highest BCUT2D eigenvalue weighted by atomic mass is 16.1. The van der Waals surface area contributed by atoms with Crippen molar-refractivity contribution < 1.29 is 4.79 Å². The minimum Gasteiger partial charge on any atom is -0.349 e. The molecule has 1 N–H and O–H groups in total. The monoisotopic (exact) mass is 288 g/mol. The highest BCUT2D eigenvalue weighted by Crippen LogP contribution is 2.48. The standard InChI is InChI=1S/C18H28N2O/c1-13(2)18(14(3)4)9-5-16(6-10-18)20-17(21)15-7-11-19-12-8-15/h7-8,11-14,16H,5-6,9-10H2,1-4H3,(H,20,21). The number of amides is 1. The summed E-state index contributed by atoms with van der Waals surface area (Å²) in [6, 6.07) is 3.85. The highest BCUT2D eigenvalue weighted by molar-refractivity contribution is 5.94. The zero-order valence-corrected chi connectivity index (χ0v) is 13.7. The fraction of sp³-hybridized carbons (Fsp3) is 0.667. The first kappa shape index (κ1) is 16.0. The van der Waals surface area contributed by atoms with Crippen LogP contribution in [-0.4, -0.2) is 16.9 Å². The molecule has 3 nitrogen and oxygen atoms in total. The predicted molar refractivity (Wildman–Crippen MR) is 86.1 cm³/mol. The number of nitrogens with zero attached hydrogens (tertiary/aromatic N) is 1. The molecule has 0 aliphatic heterocycles. The Morgan fingerprint density at radius 3 is 2.14 bits per heavy atom. The van der Waals surface area contributed by atoms with Gasteiger partial charge in [0.1, 0.15) is 0 Å². The second-order valence-electron chi connectivity index (χ2n) is 7.03. The average molecular weight is 288 g/mol. The molecule has 116 valence electrons. The van der Waals surface area contributed by atoms with Crippen LogP contribution in [-0.2, 0) is 0 Å². The van der Waals surface area contributed by atoms with Crippen LogP contribution < -0.4 is 5.32 Å². The first-order valence-electron chi connectivity index (χ1n) is 8.16. The number of hydrogen-bond donors (Lipinski definition) is 1. The summed E-state index contributed by atoms with van der Waals surface area (Å²) in [5.41, 5.74) is 1.15. The van der Waals surface area contributed by atoms with Crippen LogP contribution in [0.3, 0.4) is 0 Å². The van der Waals surface area contributed by atoms with Crippen LogP contribution in [0.2, 0.25) is 0 Å². The SMILES string of the molecule is CC(C)C1(C(C)C)CCC(NC(=O)c2ccncc2)CC1. The van der Waals surface area contributed by atoms with Crippen molar-refractivity contribution >= 4 is 5.91 Å². The van der Waals surface area contributed by atoms with Gasteiger partial charge in [0, 0.05) is 24.0 Å². The molecule has 1 amide bonds. The summed E-state index contributed by atoms with van der Waals surface area (Å²) in [7, 11) is 0. The van der Waals surface area contributed by atoms with Crippen LogP contribution >= 0.6 is 0 Å². The van der Waals surface area contributed by atoms with Gasteiger partial charge in [0.05, 0.1) is 0 Å². The Labute approximate surface area is 128 Å². The van der Waals surface area contributed by atoms with E-state index in [0.717, 1.165) is 12.8 Å². The molecule has 3 heteroatoms. The number of carbonyl (C=O) groups is 1. The van der Waals surface area contributed by atoms with Crippen LogP contribution in [0.15, 0.2) is 24.5 Å². The van der Waals surface area contributed by atoms with Gasteiger partial charge in [-0.15, -0.1) is 0 Å². The van der Waals surface area contributed by atoms with Gasteiger partial charge in [-0.1, -0.05) is 27.7 Å². The minimum absolute atomic E-state index is 0.0315. The molecule has 0 radical (unpaired) electrons. The largest absolute Gasteiger partial charge is 0.349 e. The Morgan fingerprint density at radius 2 is 1.67 bits per heavy atom. The maximum absolute atomic E-state index is 12.2. The molecule has 0 aromatic carbocycles. The lowest BCUT2D eigenvalue weighted by atomic mass is 9.60. The van der Waals surface area contributed by atoms with E-state index in [9.17, 15) is 4.79 Å². The van der Waals surface area contributed by atoms with Gasteiger partial charge in [-0.25, -0.2) is 0 Å². The summed E-state index contributed by atoms with van der Waals surface area (Å²) in [6.45, 7) is 9.37. The quantitative estimate of drug-likeness (QED) is 0.908. The third kappa shape index (κ3) is 3.45. The fourth-order valence-corrected chi connectivity index (χ4v) is 3.89. The van der Waals surface area contributed by atoms with E-state index in [0.29, 0.717) is 28.9 Å². The van der Waals surface area contributed by atoms with Gasteiger partial charge >= 0.3 is 0 Å². The van der Waals surface area contributed by atoms with Crippen LogP contribution in [0.25, 0.3) is 0 Å². The van der Waals surface area contributed by atoms with Crippen molar-refractivity contribution in [1.82, 2.24) is 10.3 Å². The average Bonchev–Trinajstić information content (AvgIpc) is 2.48. The molecule has 1 aliphatic carbocycles. The Hall–Kier alpha value is -1.38. The summed E-state index contributed by atoms with van der Waals surface area (Å²) in [5, 5.41) is 3.18. The molecule has 1 saturated carbocycles. The van der Waals surface area contributed by atoms with Gasteiger partial charge in [-0.05, 0) is 55.1 Å². The molecule has 2 rings (SSSR count). The van der Waals surface area contributed by atoms with Gasteiger partial charge < -0.3 is 5.32 Å². The molecule has 1 aromatic heterocycles. The molecule has 1 heterocycles. The van der Waals surface area contributed by atoms with Crippen molar-refractivity contribution in [2.45, 2.75) is 59.4 Å². The molecule has 21 heavy (non-hydrogen) atoms. The van der Waals surface area contributed by atoms with Gasteiger partial charge in [0.2, 0.25) is 0 Å². The Kier molecular flexibility index (Phi) is 5.02. The maximum atomic E-state index is 12.2. The predicted octanol–water partition coefficient (Wildman–Crippen LogP) is 4.05.